The number of primary amides is 1. The number of aromatic nitrogens is 3. The number of rotatable bonds is 10. The SMILES string of the molecule is CCCc1cc(-c2nnc(SCC(=O)Nc3sc(C(N)=O)c(C)c3C(=O)OC(C)C)n2C)cs1. The number of aryl methyl sites for hydroxylation is 1. The second-order valence-electron chi connectivity index (χ2n) is 7.83. The van der Waals surface area contributed by atoms with Gasteiger partial charge in [-0.05, 0) is 38.8 Å². The van der Waals surface area contributed by atoms with Crippen LogP contribution in [-0.2, 0) is 23.0 Å². The molecule has 0 aromatic carbocycles. The number of ether oxygens (including phenoxy) is 1. The fraction of sp³-hybridized carbons (Fsp3) is 0.409. The van der Waals surface area contributed by atoms with Crippen LogP contribution in [0.1, 0.15) is 57.7 Å². The van der Waals surface area contributed by atoms with Crippen LogP contribution in [0.4, 0.5) is 5.00 Å². The lowest BCUT2D eigenvalue weighted by Crippen LogP contribution is -2.18. The summed E-state index contributed by atoms with van der Waals surface area (Å²) in [5.41, 5.74) is 6.97. The Balaban J connectivity index is 1.72. The van der Waals surface area contributed by atoms with Crippen molar-refractivity contribution >= 4 is 57.2 Å². The molecule has 2 amide bonds. The first-order valence-corrected chi connectivity index (χ1v) is 13.3. The van der Waals surface area contributed by atoms with E-state index in [4.69, 9.17) is 10.5 Å². The maximum Gasteiger partial charge on any atom is 0.341 e. The third-order valence-electron chi connectivity index (χ3n) is 4.75. The summed E-state index contributed by atoms with van der Waals surface area (Å²) >= 11 is 3.89. The molecule has 0 aliphatic heterocycles. The van der Waals surface area contributed by atoms with Gasteiger partial charge in [0.1, 0.15) is 5.00 Å². The Bertz CT molecular complexity index is 1210. The molecule has 3 N–H and O–H groups in total. The zero-order chi connectivity index (χ0) is 25.0. The zero-order valence-electron chi connectivity index (χ0n) is 19.6. The van der Waals surface area contributed by atoms with Gasteiger partial charge in [0.25, 0.3) is 5.91 Å². The van der Waals surface area contributed by atoms with Crippen molar-refractivity contribution in [1.29, 1.82) is 0 Å². The predicted octanol–water partition coefficient (Wildman–Crippen LogP) is 4.26. The van der Waals surface area contributed by atoms with Gasteiger partial charge in [0.15, 0.2) is 11.0 Å². The second kappa shape index (κ2) is 11.2. The van der Waals surface area contributed by atoms with Crippen molar-refractivity contribution in [3.63, 3.8) is 0 Å². The molecule has 0 unspecified atom stereocenters. The Morgan fingerprint density at radius 2 is 2.03 bits per heavy atom. The summed E-state index contributed by atoms with van der Waals surface area (Å²) in [5.74, 6) is -0.863. The molecule has 0 spiro atoms. The maximum atomic E-state index is 12.7. The first kappa shape index (κ1) is 25.9. The van der Waals surface area contributed by atoms with Crippen LogP contribution >= 0.6 is 34.4 Å². The zero-order valence-corrected chi connectivity index (χ0v) is 22.1. The molecular formula is C22H27N5O4S3. The highest BCUT2D eigenvalue weighted by atomic mass is 32.2. The Kier molecular flexibility index (Phi) is 8.50. The van der Waals surface area contributed by atoms with Crippen molar-refractivity contribution in [2.24, 2.45) is 12.8 Å². The van der Waals surface area contributed by atoms with E-state index in [0.717, 1.165) is 35.6 Å². The molecule has 12 heteroatoms. The molecule has 9 nitrogen and oxygen atoms in total. The quantitative estimate of drug-likeness (QED) is 0.301. The van der Waals surface area contributed by atoms with Gasteiger partial charge in [0, 0.05) is 22.9 Å². The lowest BCUT2D eigenvalue weighted by Gasteiger charge is -2.10. The Labute approximate surface area is 210 Å². The number of anilines is 1. The van der Waals surface area contributed by atoms with Crippen LogP contribution in [0, 0.1) is 6.92 Å². The van der Waals surface area contributed by atoms with E-state index in [2.05, 4.69) is 33.9 Å². The average molecular weight is 522 g/mol. The monoisotopic (exact) mass is 521 g/mol. The highest BCUT2D eigenvalue weighted by Gasteiger charge is 2.26. The molecule has 0 fully saturated rings. The Morgan fingerprint density at radius 1 is 1.29 bits per heavy atom. The molecule has 182 valence electrons. The molecule has 0 atom stereocenters. The largest absolute Gasteiger partial charge is 0.459 e. The molecule has 3 aromatic heterocycles. The van der Waals surface area contributed by atoms with E-state index in [-0.39, 0.29) is 33.2 Å². The van der Waals surface area contributed by atoms with E-state index >= 15 is 0 Å². The molecule has 3 heterocycles. The van der Waals surface area contributed by atoms with Gasteiger partial charge < -0.3 is 20.4 Å². The van der Waals surface area contributed by atoms with E-state index in [1.807, 2.05) is 11.6 Å². The van der Waals surface area contributed by atoms with Gasteiger partial charge in [-0.1, -0.05) is 25.1 Å². The first-order valence-electron chi connectivity index (χ1n) is 10.7. The highest BCUT2D eigenvalue weighted by molar-refractivity contribution is 7.99. The van der Waals surface area contributed by atoms with Crippen LogP contribution in [0.2, 0.25) is 0 Å². The Hall–Kier alpha value is -2.70. The number of hydrogen-bond acceptors (Lipinski definition) is 9. The van der Waals surface area contributed by atoms with Gasteiger partial charge in [-0.2, -0.15) is 0 Å². The van der Waals surface area contributed by atoms with E-state index in [0.29, 0.717) is 10.7 Å². The van der Waals surface area contributed by atoms with Crippen LogP contribution in [0.25, 0.3) is 11.4 Å². The first-order chi connectivity index (χ1) is 16.1. The summed E-state index contributed by atoms with van der Waals surface area (Å²) in [6.07, 6.45) is 1.75. The van der Waals surface area contributed by atoms with Crippen LogP contribution in [0.15, 0.2) is 16.6 Å². The topological polar surface area (TPSA) is 129 Å². The standard InChI is InChI=1S/C22H27N5O4S3/c1-6-7-14-8-13(9-32-14)19-25-26-22(27(19)5)33-10-15(28)24-20-16(21(30)31-11(2)3)12(4)17(34-20)18(23)29/h8-9,11H,6-7,10H2,1-5H3,(H2,23,29)(H,24,28). The number of esters is 1. The number of nitrogens with one attached hydrogen (secondary N) is 1. The molecule has 3 rings (SSSR count). The third-order valence-corrected chi connectivity index (χ3v) is 7.98. The van der Waals surface area contributed by atoms with E-state index in [1.54, 1.807) is 32.1 Å². The molecule has 0 saturated carbocycles. The number of carbonyl (C=O) groups excluding carboxylic acids is 3. The Morgan fingerprint density at radius 3 is 2.68 bits per heavy atom. The molecule has 0 aliphatic carbocycles. The van der Waals surface area contributed by atoms with Crippen molar-refractivity contribution in [3.8, 4) is 11.4 Å². The molecule has 3 aromatic rings. The summed E-state index contributed by atoms with van der Waals surface area (Å²) < 4.78 is 7.13. The van der Waals surface area contributed by atoms with Gasteiger partial charge in [-0.25, -0.2) is 4.79 Å². The number of carbonyl (C=O) groups is 3. The minimum Gasteiger partial charge on any atom is -0.459 e. The summed E-state index contributed by atoms with van der Waals surface area (Å²) in [4.78, 5) is 38.5. The summed E-state index contributed by atoms with van der Waals surface area (Å²) in [5, 5.41) is 14.1. The number of thioether (sulfide) groups is 1. The predicted molar refractivity (Wildman–Crippen MR) is 136 cm³/mol. The lowest BCUT2D eigenvalue weighted by molar-refractivity contribution is -0.113. The fourth-order valence-electron chi connectivity index (χ4n) is 3.22. The molecule has 0 radical (unpaired) electrons. The molecule has 34 heavy (non-hydrogen) atoms. The van der Waals surface area contributed by atoms with Crippen LogP contribution in [-0.4, -0.2) is 44.4 Å². The van der Waals surface area contributed by atoms with Crippen LogP contribution < -0.4 is 11.1 Å². The van der Waals surface area contributed by atoms with Crippen molar-refractivity contribution in [3.05, 3.63) is 32.3 Å². The van der Waals surface area contributed by atoms with Gasteiger partial charge in [0.2, 0.25) is 5.91 Å². The van der Waals surface area contributed by atoms with Crippen LogP contribution in [0.5, 0.6) is 0 Å². The third kappa shape index (κ3) is 5.86. The van der Waals surface area contributed by atoms with Gasteiger partial charge in [-0.3, -0.25) is 9.59 Å². The fourth-order valence-corrected chi connectivity index (χ4v) is 5.96. The normalized spacial score (nSPS) is 11.1. The second-order valence-corrected chi connectivity index (χ2v) is 10.8. The van der Waals surface area contributed by atoms with Crippen molar-refractivity contribution in [1.82, 2.24) is 14.8 Å². The van der Waals surface area contributed by atoms with E-state index in [9.17, 15) is 14.4 Å². The number of thiophene rings is 2. The lowest BCUT2D eigenvalue weighted by atomic mass is 10.1. The maximum absolute atomic E-state index is 12.7. The van der Waals surface area contributed by atoms with E-state index < -0.39 is 11.9 Å². The van der Waals surface area contributed by atoms with Crippen LogP contribution in [0.3, 0.4) is 0 Å². The van der Waals surface area contributed by atoms with Gasteiger partial charge in [-0.15, -0.1) is 32.9 Å². The van der Waals surface area contributed by atoms with Gasteiger partial charge in [0.05, 0.1) is 22.3 Å². The smallest absolute Gasteiger partial charge is 0.341 e. The van der Waals surface area contributed by atoms with Crippen molar-refractivity contribution < 1.29 is 19.1 Å². The number of nitrogens with zero attached hydrogens (tertiary/aromatic N) is 3. The minimum atomic E-state index is -0.668. The highest BCUT2D eigenvalue weighted by Crippen LogP contribution is 2.34. The number of amides is 2. The molecular weight excluding hydrogens is 494 g/mol. The minimum absolute atomic E-state index is 0.0399. The molecule has 0 aliphatic rings. The average Bonchev–Trinajstić information content (AvgIpc) is 3.44. The molecule has 0 bridgehead atoms. The summed E-state index contributed by atoms with van der Waals surface area (Å²) in [6.45, 7) is 7.19. The number of hydrogen-bond donors (Lipinski definition) is 2. The van der Waals surface area contributed by atoms with Gasteiger partial charge >= 0.3 is 5.97 Å². The summed E-state index contributed by atoms with van der Waals surface area (Å²) in [6, 6.07) is 2.12. The molecule has 0 saturated heterocycles. The number of nitrogens with two attached hydrogens (primary N) is 1. The summed E-state index contributed by atoms with van der Waals surface area (Å²) in [7, 11) is 1.86. The van der Waals surface area contributed by atoms with E-state index in [1.165, 1.54) is 16.6 Å². The van der Waals surface area contributed by atoms with Crippen molar-refractivity contribution in [2.45, 2.75) is 51.8 Å². The van der Waals surface area contributed by atoms with Crippen molar-refractivity contribution in [2.75, 3.05) is 11.1 Å².